The fraction of sp³-hybridized carbons (Fsp3) is 0.125. The topological polar surface area (TPSA) is 73.3 Å². The first-order valence-electron chi connectivity index (χ1n) is 3.51. The third-order valence-corrected chi connectivity index (χ3v) is 1.51. The van der Waals surface area contributed by atoms with E-state index >= 15 is 0 Å². The maximum atomic E-state index is 9.17. The number of hydrogen-bond donors (Lipinski definition) is 3. The molecule has 0 saturated heterocycles. The van der Waals surface area contributed by atoms with Crippen LogP contribution in [0.1, 0.15) is 5.56 Å². The average molecular weight is 165 g/mol. The lowest BCUT2D eigenvalue weighted by Gasteiger charge is -2.13. The molecule has 0 bridgehead atoms. The van der Waals surface area contributed by atoms with Gasteiger partial charge in [-0.1, -0.05) is 17.7 Å². The van der Waals surface area contributed by atoms with Crippen molar-refractivity contribution in [1.82, 2.24) is 0 Å². The standard InChI is InChI=1S/C8H11N3O/c1-6-2-4-7(5-3-6)11(12)8(9)10/h2-5,12H,1H3,(H3,9,10). The number of rotatable bonds is 1. The van der Waals surface area contributed by atoms with Crippen molar-refractivity contribution in [2.45, 2.75) is 6.92 Å². The van der Waals surface area contributed by atoms with Crippen molar-refractivity contribution in [3.8, 4) is 0 Å². The summed E-state index contributed by atoms with van der Waals surface area (Å²) in [7, 11) is 0. The maximum absolute atomic E-state index is 9.17. The van der Waals surface area contributed by atoms with Gasteiger partial charge in [0.05, 0.1) is 5.69 Å². The summed E-state index contributed by atoms with van der Waals surface area (Å²) in [6.07, 6.45) is 0. The van der Waals surface area contributed by atoms with Gasteiger partial charge in [0.15, 0.2) is 0 Å². The van der Waals surface area contributed by atoms with Crippen LogP contribution in [0.4, 0.5) is 5.69 Å². The number of nitrogens with zero attached hydrogens (tertiary/aromatic N) is 1. The van der Waals surface area contributed by atoms with E-state index in [1.807, 2.05) is 19.1 Å². The highest BCUT2D eigenvalue weighted by atomic mass is 16.5. The molecule has 0 fully saturated rings. The van der Waals surface area contributed by atoms with Gasteiger partial charge in [-0.25, -0.2) is 0 Å². The molecule has 0 amide bonds. The maximum Gasteiger partial charge on any atom is 0.217 e. The first-order valence-corrected chi connectivity index (χ1v) is 3.51. The number of nitrogens with two attached hydrogens (primary N) is 1. The molecule has 0 radical (unpaired) electrons. The van der Waals surface area contributed by atoms with Gasteiger partial charge in [-0.3, -0.25) is 10.6 Å². The molecule has 0 unspecified atom stereocenters. The van der Waals surface area contributed by atoms with Crippen LogP contribution < -0.4 is 10.8 Å². The van der Waals surface area contributed by atoms with Crippen molar-refractivity contribution in [3.63, 3.8) is 0 Å². The number of guanidine groups is 1. The van der Waals surface area contributed by atoms with E-state index in [0.29, 0.717) is 10.8 Å². The second-order valence-corrected chi connectivity index (χ2v) is 2.53. The van der Waals surface area contributed by atoms with Crippen molar-refractivity contribution in [2.24, 2.45) is 5.73 Å². The molecule has 0 saturated carbocycles. The lowest BCUT2D eigenvalue weighted by Crippen LogP contribution is -2.33. The zero-order valence-electron chi connectivity index (χ0n) is 6.78. The predicted octanol–water partition coefficient (Wildman–Crippen LogP) is 1.08. The summed E-state index contributed by atoms with van der Waals surface area (Å²) < 4.78 is 0. The first kappa shape index (κ1) is 8.55. The Kier molecular flexibility index (Phi) is 2.30. The summed E-state index contributed by atoms with van der Waals surface area (Å²) in [5.41, 5.74) is 6.65. The summed E-state index contributed by atoms with van der Waals surface area (Å²) in [5, 5.41) is 16.7. The van der Waals surface area contributed by atoms with Crippen LogP contribution in [-0.4, -0.2) is 11.2 Å². The minimum atomic E-state index is -0.390. The Labute approximate surface area is 70.7 Å². The number of hydrogen-bond acceptors (Lipinski definition) is 2. The van der Waals surface area contributed by atoms with Gasteiger partial charge in [-0.05, 0) is 19.1 Å². The number of nitrogens with one attached hydrogen (secondary N) is 1. The molecule has 0 atom stereocenters. The van der Waals surface area contributed by atoms with Gasteiger partial charge in [0.2, 0.25) is 5.96 Å². The summed E-state index contributed by atoms with van der Waals surface area (Å²) in [6.45, 7) is 1.94. The molecule has 0 aromatic heterocycles. The van der Waals surface area contributed by atoms with E-state index in [-0.39, 0.29) is 5.96 Å². The lowest BCUT2D eigenvalue weighted by atomic mass is 10.2. The first-order chi connectivity index (χ1) is 5.61. The number of aryl methyl sites for hydroxylation is 1. The molecule has 1 rings (SSSR count). The van der Waals surface area contributed by atoms with Crippen LogP contribution in [0.25, 0.3) is 0 Å². The third kappa shape index (κ3) is 1.73. The monoisotopic (exact) mass is 165 g/mol. The van der Waals surface area contributed by atoms with E-state index < -0.39 is 0 Å². The molecule has 64 valence electrons. The highest BCUT2D eigenvalue weighted by Crippen LogP contribution is 2.11. The SMILES string of the molecule is Cc1ccc(N(O)C(=N)N)cc1. The number of hydroxylamine groups is 1. The molecular formula is C8H11N3O. The molecule has 0 aliphatic rings. The number of anilines is 1. The van der Waals surface area contributed by atoms with Crippen LogP contribution in [0.3, 0.4) is 0 Å². The average Bonchev–Trinajstić information content (AvgIpc) is 2.04. The molecule has 4 heteroatoms. The Morgan fingerprint density at radius 1 is 1.42 bits per heavy atom. The van der Waals surface area contributed by atoms with E-state index in [4.69, 9.17) is 11.1 Å². The van der Waals surface area contributed by atoms with Crippen molar-refractivity contribution >= 4 is 11.6 Å². The summed E-state index contributed by atoms with van der Waals surface area (Å²) in [6, 6.07) is 7.05. The molecule has 0 aliphatic carbocycles. The highest BCUT2D eigenvalue weighted by Gasteiger charge is 2.03. The molecule has 0 heterocycles. The Bertz CT molecular complexity index is 281. The van der Waals surface area contributed by atoms with Crippen molar-refractivity contribution in [2.75, 3.05) is 5.06 Å². The van der Waals surface area contributed by atoms with Gasteiger partial charge < -0.3 is 5.73 Å². The van der Waals surface area contributed by atoms with E-state index in [9.17, 15) is 5.21 Å². The largest absolute Gasteiger partial charge is 0.368 e. The van der Waals surface area contributed by atoms with Gasteiger partial charge in [0.25, 0.3) is 0 Å². The van der Waals surface area contributed by atoms with E-state index in [1.165, 1.54) is 0 Å². The quantitative estimate of drug-likeness (QED) is 0.331. The van der Waals surface area contributed by atoms with E-state index in [1.54, 1.807) is 12.1 Å². The van der Waals surface area contributed by atoms with E-state index in [0.717, 1.165) is 5.56 Å². The Hall–Kier alpha value is -1.55. The zero-order chi connectivity index (χ0) is 9.14. The molecule has 4 N–H and O–H groups in total. The molecule has 1 aromatic carbocycles. The van der Waals surface area contributed by atoms with E-state index in [2.05, 4.69) is 0 Å². The molecular weight excluding hydrogens is 154 g/mol. The fourth-order valence-electron chi connectivity index (χ4n) is 0.825. The third-order valence-electron chi connectivity index (χ3n) is 1.51. The van der Waals surface area contributed by atoms with Crippen molar-refractivity contribution < 1.29 is 5.21 Å². The second kappa shape index (κ2) is 3.23. The van der Waals surface area contributed by atoms with Crippen LogP contribution in [-0.2, 0) is 0 Å². The van der Waals surface area contributed by atoms with Gasteiger partial charge >= 0.3 is 0 Å². The minimum Gasteiger partial charge on any atom is -0.368 e. The Morgan fingerprint density at radius 3 is 2.33 bits per heavy atom. The molecule has 4 nitrogen and oxygen atoms in total. The van der Waals surface area contributed by atoms with Gasteiger partial charge in [-0.15, -0.1) is 0 Å². The van der Waals surface area contributed by atoms with Crippen molar-refractivity contribution in [3.05, 3.63) is 29.8 Å². The fourth-order valence-corrected chi connectivity index (χ4v) is 0.825. The van der Waals surface area contributed by atoms with Crippen LogP contribution in [0.5, 0.6) is 0 Å². The Balaban J connectivity index is 2.89. The van der Waals surface area contributed by atoms with Gasteiger partial charge in [0.1, 0.15) is 0 Å². The summed E-state index contributed by atoms with van der Waals surface area (Å²) in [5.74, 6) is -0.390. The van der Waals surface area contributed by atoms with Gasteiger partial charge in [-0.2, -0.15) is 5.06 Å². The lowest BCUT2D eigenvalue weighted by molar-refractivity contribution is 0.310. The molecule has 12 heavy (non-hydrogen) atoms. The van der Waals surface area contributed by atoms with Crippen molar-refractivity contribution in [1.29, 1.82) is 5.41 Å². The van der Waals surface area contributed by atoms with Crippen LogP contribution in [0.2, 0.25) is 0 Å². The normalized spacial score (nSPS) is 9.50. The minimum absolute atomic E-state index is 0.390. The Morgan fingerprint density at radius 2 is 1.92 bits per heavy atom. The summed E-state index contributed by atoms with van der Waals surface area (Å²) in [4.78, 5) is 0. The van der Waals surface area contributed by atoms with Crippen LogP contribution >= 0.6 is 0 Å². The second-order valence-electron chi connectivity index (χ2n) is 2.53. The predicted molar refractivity (Wildman–Crippen MR) is 47.4 cm³/mol. The molecule has 0 spiro atoms. The van der Waals surface area contributed by atoms with Crippen LogP contribution in [0, 0.1) is 12.3 Å². The highest BCUT2D eigenvalue weighted by molar-refractivity contribution is 5.89. The number of benzene rings is 1. The van der Waals surface area contributed by atoms with Crippen LogP contribution in [0.15, 0.2) is 24.3 Å². The molecule has 0 aliphatic heterocycles. The van der Waals surface area contributed by atoms with Gasteiger partial charge in [0, 0.05) is 0 Å². The smallest absolute Gasteiger partial charge is 0.217 e. The summed E-state index contributed by atoms with van der Waals surface area (Å²) >= 11 is 0. The zero-order valence-corrected chi connectivity index (χ0v) is 6.78. The molecule has 1 aromatic rings.